The Balaban J connectivity index is 1.88. The molecule has 1 N–H and O–H groups in total. The van der Waals surface area contributed by atoms with E-state index in [2.05, 4.69) is 0 Å². The lowest BCUT2D eigenvalue weighted by Gasteiger charge is -2.33. The molecule has 1 saturated heterocycles. The fourth-order valence-corrected chi connectivity index (χ4v) is 3.19. The first-order chi connectivity index (χ1) is 9.77. The maximum absolute atomic E-state index is 12.7. The summed E-state index contributed by atoms with van der Waals surface area (Å²) in [6.07, 6.45) is 4.54. The molecule has 4 nitrogen and oxygen atoms in total. The van der Waals surface area contributed by atoms with Crippen molar-refractivity contribution in [3.8, 4) is 0 Å². The summed E-state index contributed by atoms with van der Waals surface area (Å²) in [5.74, 6) is 0. The van der Waals surface area contributed by atoms with Gasteiger partial charge in [-0.1, -0.05) is 18.2 Å². The van der Waals surface area contributed by atoms with Gasteiger partial charge in [-0.2, -0.15) is 0 Å². The molecule has 2 aliphatic rings. The number of hydrogen-bond donors (Lipinski definition) is 1. The fraction of sp³-hybridized carbons (Fsp3) is 0.562. The lowest BCUT2D eigenvalue weighted by molar-refractivity contribution is 0.168. The molecule has 1 aromatic rings. The minimum atomic E-state index is -0.453. The van der Waals surface area contributed by atoms with Crippen LogP contribution in [0.15, 0.2) is 24.3 Å². The van der Waals surface area contributed by atoms with Gasteiger partial charge in [0.25, 0.3) is 0 Å². The van der Waals surface area contributed by atoms with Crippen LogP contribution in [0, 0.1) is 0 Å². The average molecular weight is 274 g/mol. The van der Waals surface area contributed by atoms with Crippen molar-refractivity contribution in [2.75, 3.05) is 24.5 Å². The summed E-state index contributed by atoms with van der Waals surface area (Å²) < 4.78 is 0. The van der Waals surface area contributed by atoms with Crippen LogP contribution in [0.1, 0.15) is 43.8 Å². The first-order valence-corrected chi connectivity index (χ1v) is 7.61. The van der Waals surface area contributed by atoms with Gasteiger partial charge in [-0.25, -0.2) is 4.79 Å². The third-order valence-corrected chi connectivity index (χ3v) is 4.30. The molecular formula is C16H22N2O2. The molecule has 1 aromatic carbocycles. The highest BCUT2D eigenvalue weighted by atomic mass is 16.3. The van der Waals surface area contributed by atoms with Crippen molar-refractivity contribution in [3.05, 3.63) is 29.8 Å². The second-order valence-corrected chi connectivity index (χ2v) is 5.70. The van der Waals surface area contributed by atoms with Crippen LogP contribution in [-0.2, 0) is 0 Å². The molecule has 20 heavy (non-hydrogen) atoms. The molecule has 4 heteroatoms. The number of likely N-dealkylation sites (tertiary alicyclic amines) is 1. The zero-order valence-electron chi connectivity index (χ0n) is 11.8. The molecule has 2 heterocycles. The Morgan fingerprint density at radius 3 is 2.60 bits per heavy atom. The lowest BCUT2D eigenvalue weighted by Crippen LogP contribution is -2.46. The average Bonchev–Trinajstić information content (AvgIpc) is 2.67. The number of rotatable bonds is 0. The quantitative estimate of drug-likeness (QED) is 0.790. The standard InChI is InChI=1S/C16H22N2O2/c19-15-9-6-12-18(14-8-3-2-7-13(14)15)16(20)17-10-4-1-5-11-17/h2-3,7-8,15,19H,1,4-6,9-12H2. The molecule has 1 fully saturated rings. The number of fused-ring (bicyclic) bond motifs is 1. The highest BCUT2D eigenvalue weighted by molar-refractivity contribution is 5.93. The number of nitrogens with zero attached hydrogens (tertiary/aromatic N) is 2. The van der Waals surface area contributed by atoms with E-state index in [-0.39, 0.29) is 6.03 Å². The lowest BCUT2D eigenvalue weighted by atomic mass is 10.0. The Morgan fingerprint density at radius 2 is 1.80 bits per heavy atom. The number of anilines is 1. The summed E-state index contributed by atoms with van der Waals surface area (Å²) in [6, 6.07) is 7.85. The molecule has 0 saturated carbocycles. The molecule has 1 atom stereocenters. The van der Waals surface area contributed by atoms with Crippen molar-refractivity contribution in [2.24, 2.45) is 0 Å². The van der Waals surface area contributed by atoms with Gasteiger partial charge in [-0.3, -0.25) is 4.90 Å². The molecule has 0 aromatic heterocycles. The van der Waals surface area contributed by atoms with Crippen LogP contribution in [0.4, 0.5) is 10.5 Å². The van der Waals surface area contributed by atoms with E-state index in [0.29, 0.717) is 6.54 Å². The monoisotopic (exact) mass is 274 g/mol. The van der Waals surface area contributed by atoms with Gasteiger partial charge < -0.3 is 10.0 Å². The third kappa shape index (κ3) is 2.52. The van der Waals surface area contributed by atoms with Gasteiger partial charge in [0.05, 0.1) is 11.8 Å². The molecule has 108 valence electrons. The summed E-state index contributed by atoms with van der Waals surface area (Å²) in [5.41, 5.74) is 1.77. The number of carbonyl (C=O) groups is 1. The second kappa shape index (κ2) is 5.83. The highest BCUT2D eigenvalue weighted by Crippen LogP contribution is 2.33. The Morgan fingerprint density at radius 1 is 1.05 bits per heavy atom. The van der Waals surface area contributed by atoms with Crippen molar-refractivity contribution >= 4 is 11.7 Å². The number of aliphatic hydroxyl groups excluding tert-OH is 1. The Hall–Kier alpha value is -1.55. The first kappa shape index (κ1) is 13.4. The maximum Gasteiger partial charge on any atom is 0.324 e. The molecule has 0 spiro atoms. The largest absolute Gasteiger partial charge is 0.388 e. The SMILES string of the molecule is O=C(N1CCCCC1)N1CCCC(O)c2ccccc21. The number of carbonyl (C=O) groups excluding carboxylic acids is 1. The van der Waals surface area contributed by atoms with Gasteiger partial charge in [0, 0.05) is 25.2 Å². The summed E-state index contributed by atoms with van der Waals surface area (Å²) in [5, 5.41) is 10.2. The van der Waals surface area contributed by atoms with Gasteiger partial charge in [0.15, 0.2) is 0 Å². The van der Waals surface area contributed by atoms with E-state index in [4.69, 9.17) is 0 Å². The summed E-state index contributed by atoms with van der Waals surface area (Å²) in [4.78, 5) is 16.6. The minimum Gasteiger partial charge on any atom is -0.388 e. The summed E-state index contributed by atoms with van der Waals surface area (Å²) in [6.45, 7) is 2.42. The third-order valence-electron chi connectivity index (χ3n) is 4.30. The van der Waals surface area contributed by atoms with Gasteiger partial charge in [-0.15, -0.1) is 0 Å². The van der Waals surface area contributed by atoms with E-state index in [1.807, 2.05) is 34.1 Å². The van der Waals surface area contributed by atoms with Gasteiger partial charge in [0.2, 0.25) is 0 Å². The molecule has 0 aliphatic carbocycles. The van der Waals surface area contributed by atoms with Gasteiger partial charge >= 0.3 is 6.03 Å². The molecule has 0 bridgehead atoms. The van der Waals surface area contributed by atoms with E-state index >= 15 is 0 Å². The van der Waals surface area contributed by atoms with E-state index in [1.54, 1.807) is 0 Å². The topological polar surface area (TPSA) is 43.8 Å². The number of hydrogen-bond acceptors (Lipinski definition) is 2. The number of amides is 2. The highest BCUT2D eigenvalue weighted by Gasteiger charge is 2.28. The smallest absolute Gasteiger partial charge is 0.324 e. The predicted molar refractivity (Wildman–Crippen MR) is 78.8 cm³/mol. The van der Waals surface area contributed by atoms with Crippen molar-refractivity contribution in [1.29, 1.82) is 0 Å². The molecule has 2 aliphatic heterocycles. The number of benzene rings is 1. The van der Waals surface area contributed by atoms with E-state index in [0.717, 1.165) is 50.0 Å². The fourth-order valence-electron chi connectivity index (χ4n) is 3.19. The van der Waals surface area contributed by atoms with Crippen molar-refractivity contribution < 1.29 is 9.90 Å². The summed E-state index contributed by atoms with van der Waals surface area (Å²) >= 11 is 0. The van der Waals surface area contributed by atoms with Crippen LogP contribution >= 0.6 is 0 Å². The number of para-hydroxylation sites is 1. The first-order valence-electron chi connectivity index (χ1n) is 7.61. The molecule has 2 amide bonds. The van der Waals surface area contributed by atoms with Crippen LogP contribution in [0.3, 0.4) is 0 Å². The molecule has 0 radical (unpaired) electrons. The minimum absolute atomic E-state index is 0.103. The summed E-state index contributed by atoms with van der Waals surface area (Å²) in [7, 11) is 0. The molecule has 1 unspecified atom stereocenters. The number of urea groups is 1. The predicted octanol–water partition coefficient (Wildman–Crippen LogP) is 2.93. The maximum atomic E-state index is 12.7. The second-order valence-electron chi connectivity index (χ2n) is 5.70. The molecular weight excluding hydrogens is 252 g/mol. The van der Waals surface area contributed by atoms with E-state index < -0.39 is 6.10 Å². The molecule has 3 rings (SSSR count). The Bertz CT molecular complexity index is 483. The number of piperidine rings is 1. The van der Waals surface area contributed by atoms with Crippen molar-refractivity contribution in [3.63, 3.8) is 0 Å². The van der Waals surface area contributed by atoms with Crippen LogP contribution in [0.5, 0.6) is 0 Å². The van der Waals surface area contributed by atoms with Crippen molar-refractivity contribution in [1.82, 2.24) is 4.90 Å². The van der Waals surface area contributed by atoms with Crippen LogP contribution in [0.25, 0.3) is 0 Å². The normalized spacial score (nSPS) is 23.1. The van der Waals surface area contributed by atoms with E-state index in [9.17, 15) is 9.90 Å². The Kier molecular flexibility index (Phi) is 3.92. The van der Waals surface area contributed by atoms with Crippen LogP contribution < -0.4 is 4.90 Å². The van der Waals surface area contributed by atoms with Crippen LogP contribution in [0.2, 0.25) is 0 Å². The van der Waals surface area contributed by atoms with E-state index in [1.165, 1.54) is 6.42 Å². The van der Waals surface area contributed by atoms with Gasteiger partial charge in [0.1, 0.15) is 0 Å². The van der Waals surface area contributed by atoms with Crippen LogP contribution in [-0.4, -0.2) is 35.7 Å². The zero-order valence-corrected chi connectivity index (χ0v) is 11.8. The number of aliphatic hydroxyl groups is 1. The van der Waals surface area contributed by atoms with Crippen molar-refractivity contribution in [2.45, 2.75) is 38.2 Å². The Labute approximate surface area is 120 Å². The van der Waals surface area contributed by atoms with Gasteiger partial charge in [-0.05, 0) is 38.2 Å². The zero-order chi connectivity index (χ0) is 13.9.